The summed E-state index contributed by atoms with van der Waals surface area (Å²) in [6, 6.07) is 6.60. The molecule has 2 atom stereocenters. The third kappa shape index (κ3) is 2.04. The molecule has 4 rings (SSSR count). The van der Waals surface area contributed by atoms with Crippen LogP contribution in [0.4, 0.5) is 0 Å². The van der Waals surface area contributed by atoms with E-state index in [0.717, 1.165) is 18.6 Å². The Morgan fingerprint density at radius 3 is 2.74 bits per heavy atom. The average Bonchev–Trinajstić information content (AvgIpc) is 2.99. The molecule has 0 saturated heterocycles. The van der Waals surface area contributed by atoms with Crippen molar-refractivity contribution in [1.82, 2.24) is 0 Å². The second-order valence-electron chi connectivity index (χ2n) is 7.07. The standard InChI is InChI=1S/C21H26O2/c1-4-21-12-11-17-16-8-6-15(22-2)13-14(16)5-7-18(17)19(21)9-10-20(21)23-3/h6,8-9,13,20H,4-5,7,10-12H2,1-3H3/t20-,21-/m0/s1. The van der Waals surface area contributed by atoms with Crippen LogP contribution in [0.15, 0.2) is 35.4 Å². The molecule has 1 aromatic carbocycles. The molecule has 3 aliphatic rings. The van der Waals surface area contributed by atoms with Crippen molar-refractivity contribution in [1.29, 1.82) is 0 Å². The van der Waals surface area contributed by atoms with Gasteiger partial charge in [-0.3, -0.25) is 0 Å². The Bertz CT molecular complexity index is 698. The highest BCUT2D eigenvalue weighted by atomic mass is 16.5. The molecule has 0 heterocycles. The maximum atomic E-state index is 5.86. The Balaban J connectivity index is 1.80. The van der Waals surface area contributed by atoms with Crippen molar-refractivity contribution in [3.05, 3.63) is 46.5 Å². The Kier molecular flexibility index (Phi) is 3.60. The minimum absolute atomic E-state index is 0.261. The second kappa shape index (κ2) is 5.52. The summed E-state index contributed by atoms with van der Waals surface area (Å²) in [6.45, 7) is 2.33. The number of rotatable bonds is 3. The summed E-state index contributed by atoms with van der Waals surface area (Å²) < 4.78 is 11.3. The lowest BCUT2D eigenvalue weighted by atomic mass is 9.63. The number of allylic oxidation sites excluding steroid dienone is 2. The monoisotopic (exact) mass is 310 g/mol. The van der Waals surface area contributed by atoms with E-state index in [-0.39, 0.29) is 5.41 Å². The van der Waals surface area contributed by atoms with E-state index >= 15 is 0 Å². The Morgan fingerprint density at radius 1 is 1.13 bits per heavy atom. The molecule has 2 nitrogen and oxygen atoms in total. The first-order valence-corrected chi connectivity index (χ1v) is 8.86. The maximum absolute atomic E-state index is 5.86. The van der Waals surface area contributed by atoms with E-state index < -0.39 is 0 Å². The predicted octanol–water partition coefficient (Wildman–Crippen LogP) is 4.93. The molecule has 0 bridgehead atoms. The van der Waals surface area contributed by atoms with Crippen LogP contribution < -0.4 is 4.74 Å². The number of benzene rings is 1. The summed E-state index contributed by atoms with van der Waals surface area (Å²) in [7, 11) is 3.63. The van der Waals surface area contributed by atoms with E-state index in [0.29, 0.717) is 6.10 Å². The van der Waals surface area contributed by atoms with Crippen LogP contribution in [0.5, 0.6) is 5.75 Å². The molecule has 1 aromatic rings. The first-order chi connectivity index (χ1) is 11.2. The number of aryl methyl sites for hydroxylation is 1. The average molecular weight is 310 g/mol. The molecule has 2 heteroatoms. The number of fused-ring (bicyclic) bond motifs is 4. The van der Waals surface area contributed by atoms with Gasteiger partial charge in [-0.15, -0.1) is 0 Å². The summed E-state index contributed by atoms with van der Waals surface area (Å²) in [5.74, 6) is 0.978. The first-order valence-electron chi connectivity index (χ1n) is 8.86. The van der Waals surface area contributed by atoms with Crippen LogP contribution in [0.25, 0.3) is 5.57 Å². The fraction of sp³-hybridized carbons (Fsp3) is 0.524. The van der Waals surface area contributed by atoms with Gasteiger partial charge in [0.1, 0.15) is 5.75 Å². The van der Waals surface area contributed by atoms with Crippen molar-refractivity contribution >= 4 is 5.57 Å². The van der Waals surface area contributed by atoms with E-state index in [4.69, 9.17) is 9.47 Å². The third-order valence-corrected chi connectivity index (χ3v) is 6.40. The van der Waals surface area contributed by atoms with Gasteiger partial charge in [0, 0.05) is 12.5 Å². The zero-order valence-electron chi connectivity index (χ0n) is 14.4. The van der Waals surface area contributed by atoms with Crippen LogP contribution in [0.2, 0.25) is 0 Å². The molecule has 0 unspecified atom stereocenters. The van der Waals surface area contributed by atoms with Crippen molar-refractivity contribution in [2.24, 2.45) is 5.41 Å². The van der Waals surface area contributed by atoms with Crippen molar-refractivity contribution in [3.8, 4) is 5.75 Å². The van der Waals surface area contributed by atoms with Gasteiger partial charge in [-0.05, 0) is 78.5 Å². The molecule has 3 aliphatic carbocycles. The van der Waals surface area contributed by atoms with Crippen LogP contribution in [-0.2, 0) is 11.2 Å². The topological polar surface area (TPSA) is 18.5 Å². The molecule has 0 spiro atoms. The largest absolute Gasteiger partial charge is 0.497 e. The van der Waals surface area contributed by atoms with Crippen LogP contribution >= 0.6 is 0 Å². The fourth-order valence-electron chi connectivity index (χ4n) is 5.17. The van der Waals surface area contributed by atoms with E-state index in [1.807, 2.05) is 7.11 Å². The molecule has 0 amide bonds. The van der Waals surface area contributed by atoms with Crippen molar-refractivity contribution in [2.45, 2.75) is 51.6 Å². The lowest BCUT2D eigenvalue weighted by Crippen LogP contribution is -2.37. The minimum Gasteiger partial charge on any atom is -0.497 e. The van der Waals surface area contributed by atoms with Gasteiger partial charge in [0.15, 0.2) is 0 Å². The Hall–Kier alpha value is -1.54. The van der Waals surface area contributed by atoms with Gasteiger partial charge in [0.05, 0.1) is 13.2 Å². The van der Waals surface area contributed by atoms with Crippen LogP contribution in [0.1, 0.15) is 50.2 Å². The van der Waals surface area contributed by atoms with E-state index in [2.05, 4.69) is 31.2 Å². The molecule has 0 aromatic heterocycles. The molecule has 23 heavy (non-hydrogen) atoms. The highest BCUT2D eigenvalue weighted by Gasteiger charge is 2.48. The van der Waals surface area contributed by atoms with Gasteiger partial charge >= 0.3 is 0 Å². The number of hydrogen-bond acceptors (Lipinski definition) is 2. The lowest BCUT2D eigenvalue weighted by Gasteiger charge is -2.43. The SMILES string of the molecule is CC[C@]12CCC3=C(CCc4cc(OC)ccc43)C1=CC[C@@H]2OC. The zero-order chi connectivity index (χ0) is 16.0. The zero-order valence-corrected chi connectivity index (χ0v) is 14.4. The van der Waals surface area contributed by atoms with Gasteiger partial charge in [-0.2, -0.15) is 0 Å². The highest BCUT2D eigenvalue weighted by Crippen LogP contribution is 2.57. The van der Waals surface area contributed by atoms with Gasteiger partial charge in [0.25, 0.3) is 0 Å². The lowest BCUT2D eigenvalue weighted by molar-refractivity contribution is 0.0138. The predicted molar refractivity (Wildman–Crippen MR) is 93.7 cm³/mol. The van der Waals surface area contributed by atoms with Crippen molar-refractivity contribution in [2.75, 3.05) is 14.2 Å². The minimum atomic E-state index is 0.261. The van der Waals surface area contributed by atoms with Crippen molar-refractivity contribution < 1.29 is 9.47 Å². The molecule has 0 fully saturated rings. The van der Waals surface area contributed by atoms with Gasteiger partial charge in [-0.25, -0.2) is 0 Å². The Labute approximate surface area is 139 Å². The van der Waals surface area contributed by atoms with Crippen molar-refractivity contribution in [3.63, 3.8) is 0 Å². The molecular formula is C21H26O2. The first kappa shape index (κ1) is 15.0. The normalized spacial score (nSPS) is 28.8. The van der Waals surface area contributed by atoms with Crippen LogP contribution in [-0.4, -0.2) is 20.3 Å². The summed E-state index contributed by atoms with van der Waals surface area (Å²) in [6.07, 6.45) is 9.79. The Morgan fingerprint density at radius 2 is 2.00 bits per heavy atom. The highest BCUT2D eigenvalue weighted by molar-refractivity contribution is 5.79. The van der Waals surface area contributed by atoms with Gasteiger partial charge in [-0.1, -0.05) is 19.1 Å². The molecule has 0 saturated carbocycles. The summed E-state index contributed by atoms with van der Waals surface area (Å²) >= 11 is 0. The smallest absolute Gasteiger partial charge is 0.119 e. The summed E-state index contributed by atoms with van der Waals surface area (Å²) in [4.78, 5) is 0. The molecule has 0 aliphatic heterocycles. The van der Waals surface area contributed by atoms with Crippen LogP contribution in [0, 0.1) is 5.41 Å². The van der Waals surface area contributed by atoms with Crippen LogP contribution in [0.3, 0.4) is 0 Å². The van der Waals surface area contributed by atoms with E-state index in [1.54, 1.807) is 23.8 Å². The fourth-order valence-corrected chi connectivity index (χ4v) is 5.17. The third-order valence-electron chi connectivity index (χ3n) is 6.40. The van der Waals surface area contributed by atoms with E-state index in [1.165, 1.54) is 36.8 Å². The number of ether oxygens (including phenoxy) is 2. The molecule has 0 N–H and O–H groups in total. The second-order valence-corrected chi connectivity index (χ2v) is 7.07. The van der Waals surface area contributed by atoms with Gasteiger partial charge < -0.3 is 9.47 Å². The number of methoxy groups -OCH3 is 2. The summed E-state index contributed by atoms with van der Waals surface area (Å²) in [5.41, 5.74) is 7.98. The molecular weight excluding hydrogens is 284 g/mol. The van der Waals surface area contributed by atoms with Gasteiger partial charge in [0.2, 0.25) is 0 Å². The molecule has 0 radical (unpaired) electrons. The molecule has 122 valence electrons. The number of hydrogen-bond donors (Lipinski definition) is 0. The van der Waals surface area contributed by atoms with E-state index in [9.17, 15) is 0 Å². The maximum Gasteiger partial charge on any atom is 0.119 e. The summed E-state index contributed by atoms with van der Waals surface area (Å²) in [5, 5.41) is 0. The quantitative estimate of drug-likeness (QED) is 0.788.